The zero-order valence-electron chi connectivity index (χ0n) is 21.8. The lowest BCUT2D eigenvalue weighted by atomic mass is 9.73. The standard InChI is InChI=1S/C12H24.C10H8O.C3H8.2C2H6.2CH4/c1-9(2)11-5-7-12(8-6-11)10(3)4;11-10-7-3-5-8-4-1-2-6-9(8)10;1-3-2;2*1-2;;/h9-12H,5-8H2,1-4H3;1-7,11H;3H2,1-2H3;2*1-2H3;2*1H4. The summed E-state index contributed by atoms with van der Waals surface area (Å²) in [6.07, 6.45) is 7.20. The summed E-state index contributed by atoms with van der Waals surface area (Å²) in [6, 6.07) is 13.3. The SMILES string of the molecule is C.C.CC.CC.CC(C)C1CCC(C(C)C)CC1.CCC.Oc1cccc2ccccc12. The highest BCUT2D eigenvalue weighted by Gasteiger charge is 2.24. The minimum absolute atomic E-state index is 0. The van der Waals surface area contributed by atoms with Crippen LogP contribution in [0.15, 0.2) is 42.5 Å². The Kier molecular flexibility index (Phi) is 28.5. The summed E-state index contributed by atoms with van der Waals surface area (Å²) in [5, 5.41) is 11.4. The van der Waals surface area contributed by atoms with Crippen LogP contribution in [0, 0.1) is 23.7 Å². The largest absolute Gasteiger partial charge is 0.507 e. The van der Waals surface area contributed by atoms with Crippen LogP contribution in [0.25, 0.3) is 10.8 Å². The zero-order valence-corrected chi connectivity index (χ0v) is 21.8. The van der Waals surface area contributed by atoms with Crippen molar-refractivity contribution in [3.63, 3.8) is 0 Å². The van der Waals surface area contributed by atoms with Crippen LogP contribution in [-0.2, 0) is 0 Å². The van der Waals surface area contributed by atoms with Gasteiger partial charge in [-0.05, 0) is 60.8 Å². The van der Waals surface area contributed by atoms with Crippen LogP contribution in [0.3, 0.4) is 0 Å². The van der Waals surface area contributed by atoms with Crippen LogP contribution in [0.4, 0.5) is 0 Å². The van der Waals surface area contributed by atoms with Gasteiger partial charge in [0.2, 0.25) is 0 Å². The molecule has 0 atom stereocenters. The Hall–Kier alpha value is -1.50. The molecule has 0 amide bonds. The Balaban J connectivity index is -0.000000183. The molecule has 1 N–H and O–H groups in total. The third-order valence-electron chi connectivity index (χ3n) is 5.47. The summed E-state index contributed by atoms with van der Waals surface area (Å²) >= 11 is 0. The van der Waals surface area contributed by atoms with E-state index in [2.05, 4.69) is 41.5 Å². The van der Waals surface area contributed by atoms with Crippen molar-refractivity contribution in [2.75, 3.05) is 0 Å². The smallest absolute Gasteiger partial charge is 0.123 e. The highest BCUT2D eigenvalue weighted by Crippen LogP contribution is 2.36. The molecule has 2 aromatic rings. The Morgan fingerprint density at radius 1 is 0.688 bits per heavy atom. The predicted octanol–water partition coefficient (Wildman–Crippen LogP) is 11.4. The van der Waals surface area contributed by atoms with E-state index in [1.54, 1.807) is 6.07 Å². The Labute approximate surface area is 204 Å². The maximum absolute atomic E-state index is 9.37. The molecule has 3 rings (SSSR count). The van der Waals surface area contributed by atoms with Gasteiger partial charge in [-0.3, -0.25) is 0 Å². The molecule has 190 valence electrons. The van der Waals surface area contributed by atoms with Crippen molar-refractivity contribution in [2.45, 2.75) is 116 Å². The molecule has 1 aliphatic carbocycles. The minimum Gasteiger partial charge on any atom is -0.507 e. The van der Waals surface area contributed by atoms with Gasteiger partial charge in [0.25, 0.3) is 0 Å². The number of rotatable bonds is 2. The van der Waals surface area contributed by atoms with E-state index < -0.39 is 0 Å². The number of phenolic OH excluding ortho intramolecular Hbond substituents is 1. The van der Waals surface area contributed by atoms with E-state index in [0.29, 0.717) is 5.75 Å². The molecular weight excluding hydrogens is 388 g/mol. The Morgan fingerprint density at radius 3 is 1.38 bits per heavy atom. The molecular formula is C31H60O. The predicted molar refractivity (Wildman–Crippen MR) is 153 cm³/mol. The molecule has 1 heteroatoms. The van der Waals surface area contributed by atoms with Gasteiger partial charge in [0, 0.05) is 5.39 Å². The number of hydrogen-bond donors (Lipinski definition) is 1. The lowest BCUT2D eigenvalue weighted by Crippen LogP contribution is -2.21. The second-order valence-corrected chi connectivity index (χ2v) is 8.37. The van der Waals surface area contributed by atoms with E-state index >= 15 is 0 Å². The molecule has 0 aromatic heterocycles. The molecule has 1 aliphatic rings. The van der Waals surface area contributed by atoms with Crippen molar-refractivity contribution >= 4 is 10.8 Å². The first-order chi connectivity index (χ1) is 14.4. The fraction of sp³-hybridized carbons (Fsp3) is 0.677. The molecule has 2 aromatic carbocycles. The van der Waals surface area contributed by atoms with Crippen molar-refractivity contribution in [3.8, 4) is 5.75 Å². The maximum Gasteiger partial charge on any atom is 0.123 e. The lowest BCUT2D eigenvalue weighted by Gasteiger charge is -2.32. The number of benzene rings is 2. The van der Waals surface area contributed by atoms with Crippen molar-refractivity contribution in [3.05, 3.63) is 42.5 Å². The molecule has 32 heavy (non-hydrogen) atoms. The molecule has 1 saturated carbocycles. The average molecular weight is 449 g/mol. The van der Waals surface area contributed by atoms with E-state index in [0.717, 1.165) is 34.4 Å². The fourth-order valence-corrected chi connectivity index (χ4v) is 3.69. The van der Waals surface area contributed by atoms with Gasteiger partial charge in [0.15, 0.2) is 0 Å². The van der Waals surface area contributed by atoms with Crippen LogP contribution in [0.5, 0.6) is 5.75 Å². The van der Waals surface area contributed by atoms with Gasteiger partial charge in [-0.1, -0.05) is 127 Å². The summed E-state index contributed by atoms with van der Waals surface area (Å²) in [5.74, 6) is 4.24. The first-order valence-electron chi connectivity index (χ1n) is 12.6. The van der Waals surface area contributed by atoms with Gasteiger partial charge in [-0.2, -0.15) is 0 Å². The minimum atomic E-state index is 0. The molecule has 0 unspecified atom stereocenters. The van der Waals surface area contributed by atoms with Crippen LogP contribution < -0.4 is 0 Å². The fourth-order valence-electron chi connectivity index (χ4n) is 3.69. The van der Waals surface area contributed by atoms with Gasteiger partial charge >= 0.3 is 0 Å². The Morgan fingerprint density at radius 2 is 1.03 bits per heavy atom. The maximum atomic E-state index is 9.37. The lowest BCUT2D eigenvalue weighted by molar-refractivity contribution is 0.189. The first kappa shape index (κ1) is 37.8. The highest BCUT2D eigenvalue weighted by atomic mass is 16.3. The Bertz CT molecular complexity index is 585. The van der Waals surface area contributed by atoms with Crippen molar-refractivity contribution in [1.29, 1.82) is 0 Å². The number of phenols is 1. The highest BCUT2D eigenvalue weighted by molar-refractivity contribution is 5.87. The summed E-state index contributed by atoms with van der Waals surface area (Å²) in [5.41, 5.74) is 0. The van der Waals surface area contributed by atoms with E-state index in [4.69, 9.17) is 0 Å². The molecule has 0 heterocycles. The van der Waals surface area contributed by atoms with Gasteiger partial charge in [-0.15, -0.1) is 0 Å². The summed E-state index contributed by atoms with van der Waals surface area (Å²) in [4.78, 5) is 0. The van der Waals surface area contributed by atoms with E-state index in [9.17, 15) is 5.11 Å². The van der Waals surface area contributed by atoms with Gasteiger partial charge in [0.05, 0.1) is 0 Å². The molecule has 0 saturated heterocycles. The van der Waals surface area contributed by atoms with E-state index in [1.807, 2.05) is 64.1 Å². The third kappa shape index (κ3) is 15.3. The normalized spacial score (nSPS) is 16.2. The summed E-state index contributed by atoms with van der Waals surface area (Å²) in [7, 11) is 0. The zero-order chi connectivity index (χ0) is 23.5. The summed E-state index contributed by atoms with van der Waals surface area (Å²) in [6.45, 7) is 21.8. The van der Waals surface area contributed by atoms with Crippen LogP contribution in [0.2, 0.25) is 0 Å². The first-order valence-corrected chi connectivity index (χ1v) is 12.6. The number of fused-ring (bicyclic) bond motifs is 1. The number of hydrogen-bond acceptors (Lipinski definition) is 1. The molecule has 0 radical (unpaired) electrons. The molecule has 0 bridgehead atoms. The number of aromatic hydroxyl groups is 1. The third-order valence-corrected chi connectivity index (χ3v) is 5.47. The molecule has 1 nitrogen and oxygen atoms in total. The van der Waals surface area contributed by atoms with Crippen LogP contribution in [-0.4, -0.2) is 5.11 Å². The van der Waals surface area contributed by atoms with E-state index in [-0.39, 0.29) is 14.9 Å². The quantitative estimate of drug-likeness (QED) is 0.484. The molecule has 0 aliphatic heterocycles. The topological polar surface area (TPSA) is 20.2 Å². The molecule has 1 fully saturated rings. The van der Waals surface area contributed by atoms with Crippen LogP contribution in [0.1, 0.15) is 116 Å². The monoisotopic (exact) mass is 448 g/mol. The van der Waals surface area contributed by atoms with Gasteiger partial charge < -0.3 is 5.11 Å². The van der Waals surface area contributed by atoms with Crippen LogP contribution >= 0.6 is 0 Å². The van der Waals surface area contributed by atoms with Crippen molar-refractivity contribution in [1.82, 2.24) is 0 Å². The van der Waals surface area contributed by atoms with Crippen molar-refractivity contribution in [2.24, 2.45) is 23.7 Å². The van der Waals surface area contributed by atoms with E-state index in [1.165, 1.54) is 32.1 Å². The van der Waals surface area contributed by atoms with Gasteiger partial charge in [0.1, 0.15) is 5.75 Å². The second kappa shape index (κ2) is 24.1. The summed E-state index contributed by atoms with van der Waals surface area (Å²) < 4.78 is 0. The second-order valence-electron chi connectivity index (χ2n) is 8.37. The average Bonchev–Trinajstić information content (AvgIpc) is 2.78. The molecule has 0 spiro atoms. The van der Waals surface area contributed by atoms with Gasteiger partial charge in [-0.25, -0.2) is 0 Å². The van der Waals surface area contributed by atoms with Crippen molar-refractivity contribution < 1.29 is 5.11 Å².